The van der Waals surface area contributed by atoms with Crippen LogP contribution in [-0.4, -0.2) is 18.3 Å². The zero-order valence-electron chi connectivity index (χ0n) is 9.50. The Hall–Kier alpha value is -0.860. The lowest BCUT2D eigenvalue weighted by Crippen LogP contribution is -2.15. The van der Waals surface area contributed by atoms with Crippen molar-refractivity contribution in [1.82, 2.24) is 5.32 Å². The molecular formula is C13H21NO. The van der Waals surface area contributed by atoms with E-state index in [9.17, 15) is 0 Å². The number of aliphatic hydroxyl groups excluding tert-OH is 1. The molecule has 0 aliphatic rings. The molecule has 0 radical (unpaired) electrons. The molecule has 0 atom stereocenters. The first-order valence-electron chi connectivity index (χ1n) is 5.70. The summed E-state index contributed by atoms with van der Waals surface area (Å²) >= 11 is 0. The van der Waals surface area contributed by atoms with Crippen LogP contribution in [0.1, 0.15) is 30.4 Å². The molecule has 0 fully saturated rings. The van der Waals surface area contributed by atoms with E-state index in [1.807, 2.05) is 0 Å². The smallest absolute Gasteiger partial charge is 0.0431 e. The minimum absolute atomic E-state index is 0.317. The molecule has 0 aromatic heterocycles. The summed E-state index contributed by atoms with van der Waals surface area (Å²) in [5.74, 6) is 0. The van der Waals surface area contributed by atoms with E-state index in [0.717, 1.165) is 32.4 Å². The van der Waals surface area contributed by atoms with Crippen LogP contribution in [0, 0.1) is 6.92 Å². The topological polar surface area (TPSA) is 32.3 Å². The number of aliphatic hydroxyl groups is 1. The second-order valence-corrected chi connectivity index (χ2v) is 3.89. The standard InChI is InChI=1S/C13H21NO/c1-12-7-3-4-8-13(12)11-14-9-5-2-6-10-15/h3-4,7-8,14-15H,2,5-6,9-11H2,1H3. The molecule has 0 saturated carbocycles. The van der Waals surface area contributed by atoms with Crippen molar-refractivity contribution in [2.45, 2.75) is 32.7 Å². The van der Waals surface area contributed by atoms with Gasteiger partial charge < -0.3 is 10.4 Å². The average Bonchev–Trinajstić information content (AvgIpc) is 2.25. The van der Waals surface area contributed by atoms with Crippen LogP contribution >= 0.6 is 0 Å². The van der Waals surface area contributed by atoms with Crippen LogP contribution in [0.5, 0.6) is 0 Å². The van der Waals surface area contributed by atoms with Gasteiger partial charge in [0.15, 0.2) is 0 Å². The highest BCUT2D eigenvalue weighted by Crippen LogP contribution is 2.06. The molecule has 0 aliphatic carbocycles. The van der Waals surface area contributed by atoms with E-state index < -0.39 is 0 Å². The van der Waals surface area contributed by atoms with Crippen molar-refractivity contribution in [2.24, 2.45) is 0 Å². The number of aryl methyl sites for hydroxylation is 1. The van der Waals surface area contributed by atoms with Crippen molar-refractivity contribution < 1.29 is 5.11 Å². The van der Waals surface area contributed by atoms with E-state index >= 15 is 0 Å². The van der Waals surface area contributed by atoms with Gasteiger partial charge in [0.25, 0.3) is 0 Å². The van der Waals surface area contributed by atoms with Gasteiger partial charge in [0.1, 0.15) is 0 Å². The van der Waals surface area contributed by atoms with Gasteiger partial charge in [-0.2, -0.15) is 0 Å². The molecule has 2 nitrogen and oxygen atoms in total. The predicted octanol–water partition coefficient (Wildman–Crippen LogP) is 2.25. The number of hydrogen-bond donors (Lipinski definition) is 2. The van der Waals surface area contributed by atoms with Gasteiger partial charge in [-0.05, 0) is 43.9 Å². The Kier molecular flexibility index (Phi) is 6.05. The van der Waals surface area contributed by atoms with Crippen molar-refractivity contribution in [3.05, 3.63) is 35.4 Å². The summed E-state index contributed by atoms with van der Waals surface area (Å²) in [6.45, 7) is 4.45. The van der Waals surface area contributed by atoms with Gasteiger partial charge in [-0.3, -0.25) is 0 Å². The van der Waals surface area contributed by atoms with Gasteiger partial charge >= 0.3 is 0 Å². The summed E-state index contributed by atoms with van der Waals surface area (Å²) in [5, 5.41) is 12.0. The quantitative estimate of drug-likeness (QED) is 0.672. The molecule has 0 bridgehead atoms. The molecule has 2 heteroatoms. The van der Waals surface area contributed by atoms with E-state index in [-0.39, 0.29) is 0 Å². The summed E-state index contributed by atoms with van der Waals surface area (Å²) in [6.07, 6.45) is 3.18. The fourth-order valence-corrected chi connectivity index (χ4v) is 1.57. The van der Waals surface area contributed by atoms with Crippen molar-refractivity contribution in [3.63, 3.8) is 0 Å². The number of hydrogen-bond acceptors (Lipinski definition) is 2. The van der Waals surface area contributed by atoms with Crippen LogP contribution < -0.4 is 5.32 Å². The highest BCUT2D eigenvalue weighted by atomic mass is 16.2. The van der Waals surface area contributed by atoms with Crippen LogP contribution in [0.15, 0.2) is 24.3 Å². The normalized spacial score (nSPS) is 10.5. The molecule has 2 N–H and O–H groups in total. The molecule has 0 saturated heterocycles. The maximum absolute atomic E-state index is 8.62. The molecule has 0 heterocycles. The molecule has 1 aromatic carbocycles. The first-order valence-corrected chi connectivity index (χ1v) is 5.70. The molecule has 84 valence electrons. The van der Waals surface area contributed by atoms with Crippen molar-refractivity contribution in [1.29, 1.82) is 0 Å². The molecule has 1 aromatic rings. The molecule has 1 rings (SSSR count). The highest BCUT2D eigenvalue weighted by Gasteiger charge is 1.95. The lowest BCUT2D eigenvalue weighted by atomic mass is 10.1. The average molecular weight is 207 g/mol. The Bertz CT molecular complexity index is 273. The zero-order valence-corrected chi connectivity index (χ0v) is 9.50. The van der Waals surface area contributed by atoms with Gasteiger partial charge in [-0.15, -0.1) is 0 Å². The van der Waals surface area contributed by atoms with Crippen LogP contribution in [0.4, 0.5) is 0 Å². The Morgan fingerprint density at radius 3 is 2.67 bits per heavy atom. The molecular weight excluding hydrogens is 186 g/mol. The van der Waals surface area contributed by atoms with E-state index in [1.54, 1.807) is 0 Å². The Balaban J connectivity index is 2.12. The van der Waals surface area contributed by atoms with Crippen LogP contribution in [0.2, 0.25) is 0 Å². The molecule has 0 spiro atoms. The summed E-state index contributed by atoms with van der Waals surface area (Å²) < 4.78 is 0. The number of nitrogens with one attached hydrogen (secondary N) is 1. The Labute approximate surface area is 92.3 Å². The van der Waals surface area contributed by atoms with E-state index in [0.29, 0.717) is 6.61 Å². The zero-order chi connectivity index (χ0) is 10.9. The van der Waals surface area contributed by atoms with E-state index in [4.69, 9.17) is 5.11 Å². The maximum atomic E-state index is 8.62. The SMILES string of the molecule is Cc1ccccc1CNCCCCCO. The minimum Gasteiger partial charge on any atom is -0.396 e. The van der Waals surface area contributed by atoms with Crippen LogP contribution in [0.3, 0.4) is 0 Å². The summed E-state index contributed by atoms with van der Waals surface area (Å²) in [6, 6.07) is 8.45. The summed E-state index contributed by atoms with van der Waals surface area (Å²) in [4.78, 5) is 0. The van der Waals surface area contributed by atoms with Crippen molar-refractivity contribution in [3.8, 4) is 0 Å². The van der Waals surface area contributed by atoms with Gasteiger partial charge in [-0.25, -0.2) is 0 Å². The number of benzene rings is 1. The van der Waals surface area contributed by atoms with Gasteiger partial charge in [0.2, 0.25) is 0 Å². The second-order valence-electron chi connectivity index (χ2n) is 3.89. The van der Waals surface area contributed by atoms with Crippen LogP contribution in [-0.2, 0) is 6.54 Å². The lowest BCUT2D eigenvalue weighted by molar-refractivity contribution is 0.283. The number of unbranched alkanes of at least 4 members (excludes halogenated alkanes) is 2. The van der Waals surface area contributed by atoms with E-state index in [1.165, 1.54) is 11.1 Å². The lowest BCUT2D eigenvalue weighted by Gasteiger charge is -2.07. The van der Waals surface area contributed by atoms with Crippen molar-refractivity contribution in [2.75, 3.05) is 13.2 Å². The molecule has 0 amide bonds. The van der Waals surface area contributed by atoms with Gasteiger partial charge in [0.05, 0.1) is 0 Å². The second kappa shape index (κ2) is 7.43. The minimum atomic E-state index is 0.317. The first kappa shape index (κ1) is 12.2. The predicted molar refractivity (Wildman–Crippen MR) is 63.8 cm³/mol. The largest absolute Gasteiger partial charge is 0.396 e. The fourth-order valence-electron chi connectivity index (χ4n) is 1.57. The Morgan fingerprint density at radius 2 is 1.93 bits per heavy atom. The molecule has 15 heavy (non-hydrogen) atoms. The maximum Gasteiger partial charge on any atom is 0.0431 e. The highest BCUT2D eigenvalue weighted by molar-refractivity contribution is 5.25. The monoisotopic (exact) mass is 207 g/mol. The van der Waals surface area contributed by atoms with Crippen molar-refractivity contribution >= 4 is 0 Å². The molecule has 0 aliphatic heterocycles. The first-order chi connectivity index (χ1) is 7.34. The van der Waals surface area contributed by atoms with Crippen LogP contribution in [0.25, 0.3) is 0 Å². The van der Waals surface area contributed by atoms with Gasteiger partial charge in [0, 0.05) is 13.2 Å². The fraction of sp³-hybridized carbons (Fsp3) is 0.538. The number of rotatable bonds is 7. The molecule has 0 unspecified atom stereocenters. The summed E-state index contributed by atoms with van der Waals surface area (Å²) in [5.41, 5.74) is 2.72. The third kappa shape index (κ3) is 4.96. The van der Waals surface area contributed by atoms with Gasteiger partial charge in [-0.1, -0.05) is 24.3 Å². The third-order valence-corrected chi connectivity index (χ3v) is 2.59. The van der Waals surface area contributed by atoms with E-state index in [2.05, 4.69) is 36.5 Å². The summed E-state index contributed by atoms with van der Waals surface area (Å²) in [7, 11) is 0. The Morgan fingerprint density at radius 1 is 1.13 bits per heavy atom. The third-order valence-electron chi connectivity index (χ3n) is 2.59.